The zero-order valence-electron chi connectivity index (χ0n) is 52.5. The first-order chi connectivity index (χ1) is 40.0. The van der Waals surface area contributed by atoms with Gasteiger partial charge in [0.2, 0.25) is 0 Å². The Kier molecular flexibility index (Phi) is 63.9. The summed E-state index contributed by atoms with van der Waals surface area (Å²) >= 11 is 0. The Morgan fingerprint density at radius 1 is 0.259 bits per heavy atom. The van der Waals surface area contributed by atoms with Gasteiger partial charge in [0.15, 0.2) is 6.10 Å². The SMILES string of the molecule is CC/C=C\C/C=C\C/C=C\C/C=C\C/C=C\C/C=C\CCCCCCCCCCCCC(=O)OCC(COC(=O)CCCCCCC/C=C\CCCC)OC(=O)CCCCCCCCC/C=C\C/C=C\C/C=C\C/C=C\C/C=C\CC. The second-order valence-electron chi connectivity index (χ2n) is 21.6. The highest BCUT2D eigenvalue weighted by Gasteiger charge is 2.19. The number of esters is 3. The van der Waals surface area contributed by atoms with Gasteiger partial charge in [-0.05, 0) is 135 Å². The topological polar surface area (TPSA) is 78.9 Å². The van der Waals surface area contributed by atoms with Crippen LogP contribution in [0.3, 0.4) is 0 Å². The summed E-state index contributed by atoms with van der Waals surface area (Å²) in [5.74, 6) is -0.915. The third kappa shape index (κ3) is 66.0. The number of hydrogen-bond acceptors (Lipinski definition) is 6. The lowest BCUT2D eigenvalue weighted by atomic mass is 10.1. The van der Waals surface area contributed by atoms with Gasteiger partial charge in [-0.3, -0.25) is 14.4 Å². The minimum absolute atomic E-state index is 0.0915. The third-order valence-corrected chi connectivity index (χ3v) is 13.8. The minimum atomic E-state index is -0.796. The fourth-order valence-corrected chi connectivity index (χ4v) is 8.87. The predicted molar refractivity (Wildman–Crippen MR) is 352 cm³/mol. The van der Waals surface area contributed by atoms with Gasteiger partial charge >= 0.3 is 17.9 Å². The molecule has 0 heterocycles. The molecule has 6 nitrogen and oxygen atoms in total. The largest absolute Gasteiger partial charge is 0.462 e. The first kappa shape index (κ1) is 76.3. The molecule has 1 unspecified atom stereocenters. The van der Waals surface area contributed by atoms with Crippen molar-refractivity contribution in [1.82, 2.24) is 0 Å². The third-order valence-electron chi connectivity index (χ3n) is 13.8. The zero-order valence-corrected chi connectivity index (χ0v) is 52.5. The standard InChI is InChI=1S/C75H122O6/c1-4-7-10-13-16-19-22-24-26-28-30-32-34-35-36-37-38-39-41-42-44-46-48-50-53-56-59-62-65-68-74(77)80-71-72(70-79-73(76)67-64-61-58-55-52-21-18-15-12-9-6-3)81-75(78)69-66-63-60-57-54-51-49-47-45-43-40-33-31-29-27-25-23-20-17-14-11-8-5-2/h7-8,10-11,15-20,24-27,30-33,35-36,38-39,43,45,72H,4-6,9,12-14,21-23,28-29,34,37,40-42,44,46-71H2,1-3H3/b10-7-,11-8-,18-15-,19-16-,20-17-,26-24-,27-25-,32-30-,33-31-,36-35-,39-38-,45-43-. The Morgan fingerprint density at radius 3 is 0.765 bits per heavy atom. The summed E-state index contributed by atoms with van der Waals surface area (Å²) in [7, 11) is 0. The van der Waals surface area contributed by atoms with E-state index in [0.717, 1.165) is 148 Å². The molecular weight excluding hydrogens is 997 g/mol. The van der Waals surface area contributed by atoms with Crippen LogP contribution in [0.4, 0.5) is 0 Å². The van der Waals surface area contributed by atoms with E-state index in [2.05, 4.69) is 167 Å². The van der Waals surface area contributed by atoms with Crippen molar-refractivity contribution >= 4 is 17.9 Å². The van der Waals surface area contributed by atoms with Gasteiger partial charge in [-0.25, -0.2) is 0 Å². The quantitative estimate of drug-likeness (QED) is 0.0261. The number of rotatable bonds is 59. The maximum Gasteiger partial charge on any atom is 0.306 e. The summed E-state index contributed by atoms with van der Waals surface area (Å²) in [6.07, 6.45) is 97.2. The normalized spacial score (nSPS) is 13.1. The van der Waals surface area contributed by atoms with Crippen molar-refractivity contribution in [3.63, 3.8) is 0 Å². The molecule has 0 aliphatic rings. The van der Waals surface area contributed by atoms with E-state index in [1.807, 2.05) is 0 Å². The molecule has 0 rings (SSSR count). The number of carbonyl (C=O) groups excluding carboxylic acids is 3. The van der Waals surface area contributed by atoms with Gasteiger partial charge in [-0.2, -0.15) is 0 Å². The van der Waals surface area contributed by atoms with Crippen LogP contribution in [0, 0.1) is 0 Å². The van der Waals surface area contributed by atoms with Crippen LogP contribution >= 0.6 is 0 Å². The van der Waals surface area contributed by atoms with Gasteiger partial charge in [-0.1, -0.05) is 282 Å². The van der Waals surface area contributed by atoms with E-state index in [4.69, 9.17) is 14.2 Å². The predicted octanol–water partition coefficient (Wildman–Crippen LogP) is 23.1. The monoisotopic (exact) mass is 1120 g/mol. The molecule has 0 aliphatic heterocycles. The average Bonchev–Trinajstić information content (AvgIpc) is 3.47. The molecule has 0 aliphatic carbocycles. The molecule has 0 saturated carbocycles. The van der Waals surface area contributed by atoms with Crippen LogP contribution in [0.1, 0.15) is 290 Å². The van der Waals surface area contributed by atoms with Crippen LogP contribution in [0.2, 0.25) is 0 Å². The molecule has 1 atom stereocenters. The van der Waals surface area contributed by atoms with Crippen molar-refractivity contribution in [2.24, 2.45) is 0 Å². The molecule has 0 amide bonds. The van der Waals surface area contributed by atoms with Gasteiger partial charge in [0.25, 0.3) is 0 Å². The molecule has 6 heteroatoms. The van der Waals surface area contributed by atoms with Crippen LogP contribution < -0.4 is 0 Å². The van der Waals surface area contributed by atoms with E-state index < -0.39 is 6.10 Å². The molecular formula is C75H122O6. The molecule has 81 heavy (non-hydrogen) atoms. The number of hydrogen-bond donors (Lipinski definition) is 0. The zero-order chi connectivity index (χ0) is 58.5. The van der Waals surface area contributed by atoms with Crippen LogP contribution in [0.15, 0.2) is 146 Å². The Hall–Kier alpha value is -4.71. The molecule has 0 spiro atoms. The Bertz CT molecular complexity index is 1760. The Labute approximate surface area is 499 Å². The number of allylic oxidation sites excluding steroid dienone is 24. The summed E-state index contributed by atoms with van der Waals surface area (Å²) < 4.78 is 16.9. The number of carbonyl (C=O) groups is 3. The summed E-state index contributed by atoms with van der Waals surface area (Å²) in [5.41, 5.74) is 0. The molecule has 0 aromatic heterocycles. The highest BCUT2D eigenvalue weighted by Crippen LogP contribution is 2.15. The molecule has 0 bridgehead atoms. The van der Waals surface area contributed by atoms with E-state index in [1.54, 1.807) is 0 Å². The maximum absolute atomic E-state index is 12.9. The van der Waals surface area contributed by atoms with Crippen molar-refractivity contribution in [3.8, 4) is 0 Å². The van der Waals surface area contributed by atoms with Crippen LogP contribution in [-0.4, -0.2) is 37.2 Å². The van der Waals surface area contributed by atoms with E-state index in [9.17, 15) is 14.4 Å². The van der Waals surface area contributed by atoms with Gasteiger partial charge in [-0.15, -0.1) is 0 Å². The van der Waals surface area contributed by atoms with Crippen molar-refractivity contribution in [2.75, 3.05) is 13.2 Å². The molecule has 0 aromatic carbocycles. The van der Waals surface area contributed by atoms with Gasteiger partial charge < -0.3 is 14.2 Å². The first-order valence-electron chi connectivity index (χ1n) is 33.3. The molecule has 0 radical (unpaired) electrons. The summed E-state index contributed by atoms with van der Waals surface area (Å²) in [6.45, 7) is 6.36. The van der Waals surface area contributed by atoms with Crippen LogP contribution in [0.5, 0.6) is 0 Å². The van der Waals surface area contributed by atoms with Crippen LogP contribution in [0.25, 0.3) is 0 Å². The van der Waals surface area contributed by atoms with E-state index in [0.29, 0.717) is 19.3 Å². The number of ether oxygens (including phenoxy) is 3. The van der Waals surface area contributed by atoms with E-state index >= 15 is 0 Å². The average molecular weight is 1120 g/mol. The van der Waals surface area contributed by atoms with Crippen molar-refractivity contribution < 1.29 is 28.6 Å². The molecule has 0 saturated heterocycles. The summed E-state index contributed by atoms with van der Waals surface area (Å²) in [6, 6.07) is 0. The van der Waals surface area contributed by atoms with Gasteiger partial charge in [0.1, 0.15) is 13.2 Å². The molecule has 0 fully saturated rings. The lowest BCUT2D eigenvalue weighted by Gasteiger charge is -2.18. The second-order valence-corrected chi connectivity index (χ2v) is 21.6. The van der Waals surface area contributed by atoms with Crippen molar-refractivity contribution in [3.05, 3.63) is 146 Å². The lowest BCUT2D eigenvalue weighted by molar-refractivity contribution is -0.167. The maximum atomic E-state index is 12.9. The smallest absolute Gasteiger partial charge is 0.306 e. The molecule has 0 aromatic rings. The number of unbranched alkanes of at least 4 members (excludes halogenated alkanes) is 24. The van der Waals surface area contributed by atoms with Crippen LogP contribution in [-0.2, 0) is 28.6 Å². The van der Waals surface area contributed by atoms with Gasteiger partial charge in [0.05, 0.1) is 0 Å². The second kappa shape index (κ2) is 67.8. The minimum Gasteiger partial charge on any atom is -0.462 e. The van der Waals surface area contributed by atoms with E-state index in [-0.39, 0.29) is 31.1 Å². The molecule has 458 valence electrons. The fraction of sp³-hybridized carbons (Fsp3) is 0.640. The Balaban J connectivity index is 4.31. The first-order valence-corrected chi connectivity index (χ1v) is 33.3. The Morgan fingerprint density at radius 2 is 0.481 bits per heavy atom. The summed E-state index contributed by atoms with van der Waals surface area (Å²) in [5, 5.41) is 0. The van der Waals surface area contributed by atoms with E-state index in [1.165, 1.54) is 103 Å². The highest BCUT2D eigenvalue weighted by molar-refractivity contribution is 5.71. The lowest BCUT2D eigenvalue weighted by Crippen LogP contribution is -2.30. The molecule has 0 N–H and O–H groups in total. The fourth-order valence-electron chi connectivity index (χ4n) is 8.87. The summed E-state index contributed by atoms with van der Waals surface area (Å²) in [4.78, 5) is 38.3. The van der Waals surface area contributed by atoms with Crippen molar-refractivity contribution in [1.29, 1.82) is 0 Å². The highest BCUT2D eigenvalue weighted by atomic mass is 16.6. The van der Waals surface area contributed by atoms with Crippen molar-refractivity contribution in [2.45, 2.75) is 297 Å². The van der Waals surface area contributed by atoms with Gasteiger partial charge in [0, 0.05) is 19.3 Å².